The lowest BCUT2D eigenvalue weighted by atomic mass is 10.2. The van der Waals surface area contributed by atoms with E-state index in [1.54, 1.807) is 42.3 Å². The van der Waals surface area contributed by atoms with Crippen molar-refractivity contribution < 1.29 is 13.2 Å². The Morgan fingerprint density at radius 3 is 2.42 bits per heavy atom. The van der Waals surface area contributed by atoms with E-state index in [0.717, 1.165) is 23.2 Å². The molecule has 0 atom stereocenters. The second-order valence-electron chi connectivity index (χ2n) is 6.48. The highest BCUT2D eigenvalue weighted by Gasteiger charge is 2.26. The Hall–Kier alpha value is -1.89. The summed E-state index contributed by atoms with van der Waals surface area (Å²) >= 11 is 5.87. The van der Waals surface area contributed by atoms with E-state index >= 15 is 0 Å². The summed E-state index contributed by atoms with van der Waals surface area (Å²) in [5, 5.41) is 0.613. The minimum atomic E-state index is -3.63. The normalized spacial score (nSPS) is 15.1. The lowest BCUT2D eigenvalue weighted by molar-refractivity contribution is -0.117. The molecule has 1 amide bonds. The van der Waals surface area contributed by atoms with Gasteiger partial charge in [-0.15, -0.1) is 0 Å². The van der Waals surface area contributed by atoms with Crippen molar-refractivity contribution in [3.05, 3.63) is 58.6 Å². The molecule has 3 rings (SSSR count). The predicted molar refractivity (Wildman–Crippen MR) is 103 cm³/mol. The molecule has 0 saturated carbocycles. The highest BCUT2D eigenvalue weighted by Crippen LogP contribution is 2.28. The van der Waals surface area contributed by atoms with Crippen LogP contribution in [0.1, 0.15) is 24.0 Å². The third kappa shape index (κ3) is 3.77. The van der Waals surface area contributed by atoms with E-state index in [0.29, 0.717) is 18.0 Å². The van der Waals surface area contributed by atoms with Gasteiger partial charge in [0.05, 0.1) is 4.90 Å². The van der Waals surface area contributed by atoms with E-state index in [-0.39, 0.29) is 17.3 Å². The second-order valence-corrected chi connectivity index (χ2v) is 8.97. The lowest BCUT2D eigenvalue weighted by Gasteiger charge is -2.21. The Labute approximate surface area is 159 Å². The fraction of sp³-hybridized carbons (Fsp3) is 0.316. The molecule has 138 valence electrons. The van der Waals surface area contributed by atoms with Gasteiger partial charge in [0.25, 0.3) is 0 Å². The van der Waals surface area contributed by atoms with Gasteiger partial charge in [0.15, 0.2) is 0 Å². The van der Waals surface area contributed by atoms with E-state index < -0.39 is 10.0 Å². The number of carbonyl (C=O) groups is 1. The molecule has 1 heterocycles. The van der Waals surface area contributed by atoms with Gasteiger partial charge in [-0.2, -0.15) is 4.31 Å². The monoisotopic (exact) mass is 392 g/mol. The molecule has 0 N–H and O–H groups in total. The Balaban J connectivity index is 1.83. The first-order valence-electron chi connectivity index (χ1n) is 8.41. The standard InChI is InChI=1S/C19H21ClN2O3S/c1-14-12-17(9-10-18(14)22-11-3-4-19(22)23)26(24,25)21(2)13-15-5-7-16(20)8-6-15/h5-10,12H,3-4,11,13H2,1-2H3. The third-order valence-electron chi connectivity index (χ3n) is 4.56. The Morgan fingerprint density at radius 2 is 1.85 bits per heavy atom. The minimum absolute atomic E-state index is 0.0866. The molecule has 2 aromatic rings. The maximum Gasteiger partial charge on any atom is 0.243 e. The Kier molecular flexibility index (Phi) is 5.37. The SMILES string of the molecule is Cc1cc(S(=O)(=O)N(C)Cc2ccc(Cl)cc2)ccc1N1CCCC1=O. The molecule has 1 fully saturated rings. The number of anilines is 1. The summed E-state index contributed by atoms with van der Waals surface area (Å²) in [6.07, 6.45) is 1.38. The van der Waals surface area contributed by atoms with E-state index in [9.17, 15) is 13.2 Å². The summed E-state index contributed by atoms with van der Waals surface area (Å²) < 4.78 is 27.1. The molecule has 26 heavy (non-hydrogen) atoms. The number of rotatable bonds is 5. The first-order chi connectivity index (χ1) is 12.3. The van der Waals surface area contributed by atoms with Gasteiger partial charge < -0.3 is 4.90 Å². The third-order valence-corrected chi connectivity index (χ3v) is 6.61. The molecule has 0 aliphatic carbocycles. The van der Waals surface area contributed by atoms with Crippen molar-refractivity contribution in [2.75, 3.05) is 18.5 Å². The van der Waals surface area contributed by atoms with Gasteiger partial charge in [-0.1, -0.05) is 23.7 Å². The van der Waals surface area contributed by atoms with E-state index in [2.05, 4.69) is 0 Å². The van der Waals surface area contributed by atoms with Crippen LogP contribution in [-0.2, 0) is 21.4 Å². The average Bonchev–Trinajstić information content (AvgIpc) is 3.02. The molecule has 1 saturated heterocycles. The average molecular weight is 393 g/mol. The molecular weight excluding hydrogens is 372 g/mol. The van der Waals surface area contributed by atoms with E-state index in [1.807, 2.05) is 19.1 Å². The zero-order chi connectivity index (χ0) is 18.9. The summed E-state index contributed by atoms with van der Waals surface area (Å²) in [4.78, 5) is 13.9. The molecule has 0 unspecified atom stereocenters. The Morgan fingerprint density at radius 1 is 1.15 bits per heavy atom. The first-order valence-corrected chi connectivity index (χ1v) is 10.2. The predicted octanol–water partition coefficient (Wildman–Crippen LogP) is 3.60. The van der Waals surface area contributed by atoms with Gasteiger partial charge in [0.2, 0.25) is 15.9 Å². The molecule has 2 aromatic carbocycles. The summed E-state index contributed by atoms with van der Waals surface area (Å²) in [7, 11) is -2.07. The number of nitrogens with zero attached hydrogens (tertiary/aromatic N) is 2. The van der Waals surface area contributed by atoms with Crippen LogP contribution in [0.3, 0.4) is 0 Å². The van der Waals surface area contributed by atoms with Crippen molar-refractivity contribution in [3.8, 4) is 0 Å². The number of hydrogen-bond donors (Lipinski definition) is 0. The minimum Gasteiger partial charge on any atom is -0.312 e. The van der Waals surface area contributed by atoms with Gasteiger partial charge >= 0.3 is 0 Å². The highest BCUT2D eigenvalue weighted by molar-refractivity contribution is 7.89. The van der Waals surface area contributed by atoms with Gasteiger partial charge in [0, 0.05) is 37.3 Å². The zero-order valence-corrected chi connectivity index (χ0v) is 16.3. The quantitative estimate of drug-likeness (QED) is 0.781. The largest absolute Gasteiger partial charge is 0.312 e. The van der Waals surface area contributed by atoms with Crippen molar-refractivity contribution in [1.29, 1.82) is 0 Å². The number of carbonyl (C=O) groups excluding carboxylic acids is 1. The zero-order valence-electron chi connectivity index (χ0n) is 14.8. The number of aryl methyl sites for hydroxylation is 1. The number of amides is 1. The maximum absolute atomic E-state index is 12.9. The van der Waals surface area contributed by atoms with E-state index in [1.165, 1.54) is 4.31 Å². The Bertz CT molecular complexity index is 926. The number of benzene rings is 2. The molecule has 0 spiro atoms. The van der Waals surface area contributed by atoms with Crippen molar-refractivity contribution >= 4 is 33.2 Å². The fourth-order valence-corrected chi connectivity index (χ4v) is 4.48. The highest BCUT2D eigenvalue weighted by atomic mass is 35.5. The molecule has 1 aliphatic rings. The van der Waals surface area contributed by atoms with Crippen LogP contribution in [0.4, 0.5) is 5.69 Å². The van der Waals surface area contributed by atoms with Gasteiger partial charge in [-0.25, -0.2) is 8.42 Å². The topological polar surface area (TPSA) is 57.7 Å². The van der Waals surface area contributed by atoms with Crippen LogP contribution in [0.15, 0.2) is 47.4 Å². The van der Waals surface area contributed by atoms with Crippen LogP contribution in [0.2, 0.25) is 5.02 Å². The molecule has 0 aromatic heterocycles. The molecule has 5 nitrogen and oxygen atoms in total. The van der Waals surface area contributed by atoms with E-state index in [4.69, 9.17) is 11.6 Å². The van der Waals surface area contributed by atoms with Crippen LogP contribution in [0, 0.1) is 6.92 Å². The molecule has 1 aliphatic heterocycles. The van der Waals surface area contributed by atoms with Crippen LogP contribution < -0.4 is 4.90 Å². The van der Waals surface area contributed by atoms with Crippen molar-refractivity contribution in [1.82, 2.24) is 4.31 Å². The molecule has 0 bridgehead atoms. The van der Waals surface area contributed by atoms with Crippen LogP contribution >= 0.6 is 11.6 Å². The van der Waals surface area contributed by atoms with Gasteiger partial charge in [-0.3, -0.25) is 4.79 Å². The maximum atomic E-state index is 12.9. The van der Waals surface area contributed by atoms with Crippen LogP contribution in [-0.4, -0.2) is 32.2 Å². The van der Waals surface area contributed by atoms with Crippen molar-refractivity contribution in [2.45, 2.75) is 31.2 Å². The van der Waals surface area contributed by atoms with Gasteiger partial charge in [-0.05, 0) is 54.8 Å². The first kappa shape index (κ1) is 18.9. The lowest BCUT2D eigenvalue weighted by Crippen LogP contribution is -2.27. The van der Waals surface area contributed by atoms with Crippen molar-refractivity contribution in [3.63, 3.8) is 0 Å². The summed E-state index contributed by atoms with van der Waals surface area (Å²) in [6, 6.07) is 12.0. The second kappa shape index (κ2) is 7.39. The summed E-state index contributed by atoms with van der Waals surface area (Å²) in [5.74, 6) is 0.0866. The number of halogens is 1. The summed E-state index contributed by atoms with van der Waals surface area (Å²) in [5.41, 5.74) is 2.42. The van der Waals surface area contributed by atoms with Crippen LogP contribution in [0.25, 0.3) is 0 Å². The van der Waals surface area contributed by atoms with Gasteiger partial charge in [0.1, 0.15) is 0 Å². The van der Waals surface area contributed by atoms with Crippen molar-refractivity contribution in [2.24, 2.45) is 0 Å². The summed E-state index contributed by atoms with van der Waals surface area (Å²) in [6.45, 7) is 2.77. The molecule has 0 radical (unpaired) electrons. The van der Waals surface area contributed by atoms with Crippen LogP contribution in [0.5, 0.6) is 0 Å². The number of sulfonamides is 1. The smallest absolute Gasteiger partial charge is 0.243 e. The fourth-order valence-electron chi connectivity index (χ4n) is 3.11. The molecular formula is C19H21ClN2O3S. The number of hydrogen-bond acceptors (Lipinski definition) is 3. The molecule has 7 heteroatoms.